The molecule has 94 valence electrons. The van der Waals surface area contributed by atoms with Crippen LogP contribution in [0.5, 0.6) is 0 Å². The Balaban J connectivity index is 2.28. The van der Waals surface area contributed by atoms with Gasteiger partial charge in [0.2, 0.25) is 0 Å². The van der Waals surface area contributed by atoms with E-state index in [-0.39, 0.29) is 7.92 Å². The topological polar surface area (TPSA) is 0 Å². The van der Waals surface area contributed by atoms with Crippen LogP contribution in [0.25, 0.3) is 0 Å². The zero-order valence-electron chi connectivity index (χ0n) is 11.6. The molecule has 0 aromatic heterocycles. The summed E-state index contributed by atoms with van der Waals surface area (Å²) < 4.78 is 0. The van der Waals surface area contributed by atoms with Crippen LogP contribution in [0.15, 0.2) is 0 Å². The highest BCUT2D eigenvalue weighted by Crippen LogP contribution is 2.70. The van der Waals surface area contributed by atoms with Crippen LogP contribution in [0.1, 0.15) is 53.9 Å². The van der Waals surface area contributed by atoms with Crippen LogP contribution in [0.2, 0.25) is 0 Å². The van der Waals surface area contributed by atoms with Crippen LogP contribution in [0.3, 0.4) is 0 Å². The van der Waals surface area contributed by atoms with Crippen molar-refractivity contribution in [3.8, 4) is 0 Å². The third-order valence-electron chi connectivity index (χ3n) is 4.83. The van der Waals surface area contributed by atoms with Crippen LogP contribution in [0.4, 0.5) is 0 Å². The normalized spacial score (nSPS) is 44.6. The molecule has 0 saturated carbocycles. The third kappa shape index (κ3) is 2.22. The van der Waals surface area contributed by atoms with Gasteiger partial charge < -0.3 is 0 Å². The number of hydrogen-bond donors (Lipinski definition) is 0. The molecule has 4 unspecified atom stereocenters. The van der Waals surface area contributed by atoms with Crippen LogP contribution in [-0.2, 0) is 0 Å². The van der Waals surface area contributed by atoms with Gasteiger partial charge in [-0.2, -0.15) is 0 Å². The average molecular weight is 258 g/mol. The summed E-state index contributed by atoms with van der Waals surface area (Å²) in [5.41, 5.74) is 2.73. The van der Waals surface area contributed by atoms with Gasteiger partial charge in [-0.3, -0.25) is 0 Å². The lowest BCUT2D eigenvalue weighted by Gasteiger charge is -2.57. The van der Waals surface area contributed by atoms with Gasteiger partial charge in [0.15, 0.2) is 0 Å². The SMILES string of the molecule is CC(C)P1C2CCPCC2(C)CCC1(C)C. The molecule has 0 radical (unpaired) electrons. The highest BCUT2D eigenvalue weighted by atomic mass is 31.1. The minimum atomic E-state index is 0.224. The van der Waals surface area contributed by atoms with Gasteiger partial charge in [0.05, 0.1) is 0 Å². The molecule has 16 heavy (non-hydrogen) atoms. The maximum Gasteiger partial charge on any atom is -0.0142 e. The Labute approximate surface area is 105 Å². The molecule has 0 amide bonds. The van der Waals surface area contributed by atoms with Crippen molar-refractivity contribution in [3.63, 3.8) is 0 Å². The van der Waals surface area contributed by atoms with E-state index in [0.717, 1.165) is 16.7 Å². The Kier molecular flexibility index (Phi) is 3.75. The Bertz CT molecular complexity index is 259. The zero-order chi connectivity index (χ0) is 12.0. The molecule has 0 aliphatic carbocycles. The number of hydrogen-bond acceptors (Lipinski definition) is 0. The van der Waals surface area contributed by atoms with E-state index in [0.29, 0.717) is 5.16 Å². The van der Waals surface area contributed by atoms with Gasteiger partial charge in [0.25, 0.3) is 0 Å². The summed E-state index contributed by atoms with van der Waals surface area (Å²) in [5.74, 6) is 0. The first-order chi connectivity index (χ1) is 7.37. The molecular weight excluding hydrogens is 230 g/mol. The summed E-state index contributed by atoms with van der Waals surface area (Å²) in [6, 6.07) is 0. The van der Waals surface area contributed by atoms with Gasteiger partial charge in [-0.25, -0.2) is 0 Å². The Hall–Kier alpha value is 0.860. The molecule has 2 aliphatic rings. The van der Waals surface area contributed by atoms with E-state index in [2.05, 4.69) is 34.6 Å². The maximum absolute atomic E-state index is 2.61. The van der Waals surface area contributed by atoms with Crippen LogP contribution < -0.4 is 0 Å². The fourth-order valence-corrected chi connectivity index (χ4v) is 10.7. The lowest BCUT2D eigenvalue weighted by atomic mass is 9.79. The molecule has 0 aromatic carbocycles. The van der Waals surface area contributed by atoms with Crippen molar-refractivity contribution in [1.29, 1.82) is 0 Å². The molecule has 2 fully saturated rings. The maximum atomic E-state index is 2.61. The molecule has 4 atom stereocenters. The first-order valence-corrected chi connectivity index (χ1v) is 9.75. The Morgan fingerprint density at radius 3 is 2.50 bits per heavy atom. The summed E-state index contributed by atoms with van der Waals surface area (Å²) >= 11 is 0. The molecule has 0 N–H and O–H groups in total. The highest BCUT2D eigenvalue weighted by Gasteiger charge is 2.50. The first-order valence-electron chi connectivity index (χ1n) is 6.86. The van der Waals surface area contributed by atoms with Gasteiger partial charge in [-0.05, 0) is 53.5 Å². The molecule has 0 bridgehead atoms. The van der Waals surface area contributed by atoms with Crippen molar-refractivity contribution in [2.24, 2.45) is 5.41 Å². The van der Waals surface area contributed by atoms with Crippen molar-refractivity contribution < 1.29 is 0 Å². The smallest absolute Gasteiger partial charge is 0.0142 e. The molecule has 2 aliphatic heterocycles. The van der Waals surface area contributed by atoms with E-state index in [9.17, 15) is 0 Å². The molecule has 2 rings (SSSR count). The molecule has 0 spiro atoms. The predicted octanol–water partition coefficient (Wildman–Crippen LogP) is 4.91. The van der Waals surface area contributed by atoms with Crippen LogP contribution in [-0.4, -0.2) is 28.8 Å². The summed E-state index contributed by atoms with van der Waals surface area (Å²) in [4.78, 5) is 0. The fourth-order valence-electron chi connectivity index (χ4n) is 4.01. The summed E-state index contributed by atoms with van der Waals surface area (Å²) in [6.07, 6.45) is 7.60. The minimum absolute atomic E-state index is 0.224. The van der Waals surface area contributed by atoms with Gasteiger partial charge in [-0.1, -0.05) is 42.5 Å². The van der Waals surface area contributed by atoms with Crippen molar-refractivity contribution in [1.82, 2.24) is 0 Å². The summed E-state index contributed by atoms with van der Waals surface area (Å²) in [6.45, 7) is 12.7. The number of rotatable bonds is 1. The highest BCUT2D eigenvalue weighted by molar-refractivity contribution is 7.61. The second kappa shape index (κ2) is 4.51. The van der Waals surface area contributed by atoms with E-state index in [1.807, 2.05) is 0 Å². The van der Waals surface area contributed by atoms with Crippen molar-refractivity contribution in [2.45, 2.75) is 70.4 Å². The summed E-state index contributed by atoms with van der Waals surface area (Å²) in [5, 5.41) is 0.647. The average Bonchev–Trinajstić information content (AvgIpc) is 2.17. The molecular formula is C14H28P2. The van der Waals surface area contributed by atoms with Crippen molar-refractivity contribution in [2.75, 3.05) is 12.3 Å². The molecule has 0 aromatic rings. The molecule has 2 heterocycles. The zero-order valence-corrected chi connectivity index (χ0v) is 13.5. The number of fused-ring (bicyclic) bond motifs is 1. The lowest BCUT2D eigenvalue weighted by molar-refractivity contribution is 0.266. The van der Waals surface area contributed by atoms with Gasteiger partial charge in [0.1, 0.15) is 0 Å². The second-order valence-corrected chi connectivity index (χ2v) is 12.0. The Morgan fingerprint density at radius 1 is 1.19 bits per heavy atom. The lowest BCUT2D eigenvalue weighted by Crippen LogP contribution is -2.47. The fraction of sp³-hybridized carbons (Fsp3) is 1.00. The van der Waals surface area contributed by atoms with E-state index >= 15 is 0 Å². The monoisotopic (exact) mass is 258 g/mol. The molecule has 2 saturated heterocycles. The largest absolute Gasteiger partial charge is 0.122 e. The van der Waals surface area contributed by atoms with E-state index in [4.69, 9.17) is 0 Å². The first kappa shape index (κ1) is 13.3. The van der Waals surface area contributed by atoms with Crippen LogP contribution >= 0.6 is 16.5 Å². The minimum Gasteiger partial charge on any atom is -0.122 e. The van der Waals surface area contributed by atoms with Gasteiger partial charge >= 0.3 is 0 Å². The Morgan fingerprint density at radius 2 is 1.88 bits per heavy atom. The molecule has 2 heteroatoms. The third-order valence-corrected chi connectivity index (χ3v) is 10.8. The van der Waals surface area contributed by atoms with E-state index in [1.165, 1.54) is 27.6 Å². The van der Waals surface area contributed by atoms with Gasteiger partial charge in [0, 0.05) is 0 Å². The van der Waals surface area contributed by atoms with E-state index in [1.54, 1.807) is 12.6 Å². The predicted molar refractivity (Wildman–Crippen MR) is 79.9 cm³/mol. The van der Waals surface area contributed by atoms with Crippen molar-refractivity contribution in [3.05, 3.63) is 0 Å². The van der Waals surface area contributed by atoms with E-state index < -0.39 is 0 Å². The standard InChI is InChI=1S/C14H28P2/c1-11(2)16-12-6-9-15-10-14(12,5)8-7-13(16,3)4/h11-12,15H,6-10H2,1-5H3. The molecule has 0 nitrogen and oxygen atoms in total. The van der Waals surface area contributed by atoms with Crippen molar-refractivity contribution >= 4 is 16.5 Å². The quantitative estimate of drug-likeness (QED) is 0.586. The van der Waals surface area contributed by atoms with Gasteiger partial charge in [-0.15, -0.1) is 8.58 Å². The summed E-state index contributed by atoms with van der Waals surface area (Å²) in [7, 11) is 1.48. The second-order valence-electron chi connectivity index (χ2n) is 6.95. The van der Waals surface area contributed by atoms with Crippen LogP contribution in [0, 0.1) is 5.41 Å².